The number of carbonyl (C=O) groups excluding carboxylic acids is 2. The van der Waals surface area contributed by atoms with E-state index in [1.807, 2.05) is 43.2 Å². The Morgan fingerprint density at radius 1 is 1.21 bits per heavy atom. The van der Waals surface area contributed by atoms with Crippen molar-refractivity contribution < 1.29 is 18.7 Å². The van der Waals surface area contributed by atoms with Crippen LogP contribution in [0.2, 0.25) is 0 Å². The maximum absolute atomic E-state index is 12.9. The van der Waals surface area contributed by atoms with Crippen LogP contribution in [0, 0.1) is 0 Å². The smallest absolute Gasteiger partial charge is 0.410 e. The number of aromatic nitrogens is 2. The lowest BCUT2D eigenvalue weighted by Gasteiger charge is -2.49. The molecule has 180 valence electrons. The molecule has 0 radical (unpaired) electrons. The van der Waals surface area contributed by atoms with Crippen LogP contribution in [-0.4, -0.2) is 57.6 Å². The topological polar surface area (TPSA) is 101 Å². The highest BCUT2D eigenvalue weighted by Gasteiger charge is 2.43. The van der Waals surface area contributed by atoms with Crippen molar-refractivity contribution in [3.05, 3.63) is 23.7 Å². The monoisotopic (exact) mass is 483 g/mol. The van der Waals surface area contributed by atoms with E-state index in [1.54, 1.807) is 6.20 Å². The lowest BCUT2D eigenvalue weighted by Crippen LogP contribution is -2.63. The number of nitrogens with zero attached hydrogens (tertiary/aromatic N) is 4. The van der Waals surface area contributed by atoms with Gasteiger partial charge >= 0.3 is 6.09 Å². The van der Waals surface area contributed by atoms with Crippen LogP contribution in [0.3, 0.4) is 0 Å². The highest BCUT2D eigenvalue weighted by molar-refractivity contribution is 7.13. The summed E-state index contributed by atoms with van der Waals surface area (Å²) in [5.41, 5.74) is 2.10. The van der Waals surface area contributed by atoms with Gasteiger partial charge in [-0.15, -0.1) is 11.3 Å². The molecular formula is C24H29N5O4S. The number of piperazine rings is 1. The molecule has 2 atom stereocenters. The first kappa shape index (κ1) is 22.6. The summed E-state index contributed by atoms with van der Waals surface area (Å²) >= 11 is 1.52. The maximum atomic E-state index is 12.9. The number of anilines is 2. The van der Waals surface area contributed by atoms with Crippen molar-refractivity contribution in [1.82, 2.24) is 14.9 Å². The first-order chi connectivity index (χ1) is 16.2. The molecule has 5 rings (SSSR count). The van der Waals surface area contributed by atoms with Gasteiger partial charge in [0.15, 0.2) is 5.58 Å². The van der Waals surface area contributed by atoms with Crippen LogP contribution in [0.25, 0.3) is 21.7 Å². The molecule has 2 aliphatic heterocycles. The molecule has 1 N–H and O–H groups in total. The minimum Gasteiger partial charge on any atom is -0.444 e. The average molecular weight is 484 g/mol. The number of oxazole rings is 1. The Hall–Kier alpha value is -3.14. The van der Waals surface area contributed by atoms with Crippen LogP contribution < -0.4 is 10.2 Å². The number of hydrogen-bond donors (Lipinski definition) is 1. The van der Waals surface area contributed by atoms with Crippen molar-refractivity contribution in [1.29, 1.82) is 0 Å². The van der Waals surface area contributed by atoms with Crippen LogP contribution >= 0.6 is 11.3 Å². The SMILES string of the molecule is CC(=O)Nc1ccc(-c2nccs2)c2oc(N3CC4CCCC(C3)N4C(=O)OC(C)(C)C)nc12. The second-order valence-electron chi connectivity index (χ2n) is 9.88. The van der Waals surface area contributed by atoms with Gasteiger partial charge in [0.1, 0.15) is 16.1 Å². The normalized spacial score (nSPS) is 20.5. The molecule has 3 aromatic rings. The van der Waals surface area contributed by atoms with Crippen molar-refractivity contribution >= 4 is 46.1 Å². The molecule has 2 aromatic heterocycles. The van der Waals surface area contributed by atoms with Gasteiger partial charge in [-0.3, -0.25) is 9.69 Å². The van der Waals surface area contributed by atoms with Crippen LogP contribution in [-0.2, 0) is 9.53 Å². The minimum absolute atomic E-state index is 0.0330. The van der Waals surface area contributed by atoms with Crippen molar-refractivity contribution in [3.8, 4) is 10.6 Å². The third-order valence-corrected chi connectivity index (χ3v) is 6.91. The molecule has 10 heteroatoms. The molecule has 4 heterocycles. The molecule has 0 aliphatic carbocycles. The predicted octanol–water partition coefficient (Wildman–Crippen LogP) is 4.89. The van der Waals surface area contributed by atoms with Gasteiger partial charge < -0.3 is 19.4 Å². The van der Waals surface area contributed by atoms with Crippen molar-refractivity contribution in [2.24, 2.45) is 0 Å². The number of piperidine rings is 1. The number of fused-ring (bicyclic) bond motifs is 3. The van der Waals surface area contributed by atoms with Gasteiger partial charge in [-0.2, -0.15) is 4.98 Å². The van der Waals surface area contributed by atoms with Crippen molar-refractivity contribution in [2.45, 2.75) is 64.6 Å². The van der Waals surface area contributed by atoms with Gasteiger partial charge in [-0.25, -0.2) is 9.78 Å². The molecule has 0 spiro atoms. The molecule has 2 saturated heterocycles. The van der Waals surface area contributed by atoms with E-state index in [9.17, 15) is 9.59 Å². The molecule has 0 saturated carbocycles. The number of nitrogens with one attached hydrogen (secondary N) is 1. The fourth-order valence-corrected chi connectivity index (χ4v) is 5.48. The lowest BCUT2D eigenvalue weighted by atomic mass is 9.92. The number of thiazole rings is 1. The van der Waals surface area contributed by atoms with Crippen molar-refractivity contribution in [2.75, 3.05) is 23.3 Å². The minimum atomic E-state index is -0.533. The number of hydrogen-bond acceptors (Lipinski definition) is 8. The van der Waals surface area contributed by atoms with E-state index in [4.69, 9.17) is 14.1 Å². The van der Waals surface area contributed by atoms with Crippen LogP contribution in [0.1, 0.15) is 47.0 Å². The van der Waals surface area contributed by atoms with Crippen LogP contribution in [0.5, 0.6) is 0 Å². The summed E-state index contributed by atoms with van der Waals surface area (Å²) in [5.74, 6) is -0.173. The zero-order valence-corrected chi connectivity index (χ0v) is 20.6. The largest absolute Gasteiger partial charge is 0.444 e. The summed E-state index contributed by atoms with van der Waals surface area (Å²) < 4.78 is 12.0. The van der Waals surface area contributed by atoms with Gasteiger partial charge in [0.05, 0.1) is 23.3 Å². The summed E-state index contributed by atoms with van der Waals surface area (Å²) in [6.45, 7) is 8.37. The van der Waals surface area contributed by atoms with E-state index in [1.165, 1.54) is 18.3 Å². The standard InChI is InChI=1S/C24H29N5O4S/c1-14(30)26-18-9-8-17(21-25-10-11-34-21)20-19(18)27-22(32-20)28-12-15-6-5-7-16(13-28)29(15)23(31)33-24(2,3)4/h8-11,15-16H,5-7,12-13H2,1-4H3,(H,26,30). The van der Waals surface area contributed by atoms with E-state index in [-0.39, 0.29) is 24.1 Å². The van der Waals surface area contributed by atoms with Gasteiger partial charge in [0.25, 0.3) is 6.01 Å². The molecule has 1 aromatic carbocycles. The number of amides is 2. The fourth-order valence-electron chi connectivity index (χ4n) is 4.82. The second kappa shape index (κ2) is 8.57. The molecule has 2 bridgehead atoms. The van der Waals surface area contributed by atoms with Gasteiger partial charge in [-0.05, 0) is 52.2 Å². The zero-order chi connectivity index (χ0) is 24.0. The van der Waals surface area contributed by atoms with E-state index >= 15 is 0 Å². The molecule has 34 heavy (non-hydrogen) atoms. The van der Waals surface area contributed by atoms with Gasteiger partial charge in [0, 0.05) is 31.6 Å². The first-order valence-corrected chi connectivity index (χ1v) is 12.4. The van der Waals surface area contributed by atoms with Crippen LogP contribution in [0.4, 0.5) is 16.5 Å². The highest BCUT2D eigenvalue weighted by Crippen LogP contribution is 2.39. The third kappa shape index (κ3) is 4.34. The Morgan fingerprint density at radius 3 is 2.56 bits per heavy atom. The average Bonchev–Trinajstić information content (AvgIpc) is 3.42. The molecule has 2 fully saturated rings. The van der Waals surface area contributed by atoms with Crippen molar-refractivity contribution in [3.63, 3.8) is 0 Å². The summed E-state index contributed by atoms with van der Waals surface area (Å²) in [4.78, 5) is 38.0. The molecular weight excluding hydrogens is 454 g/mol. The highest BCUT2D eigenvalue weighted by atomic mass is 32.1. The summed E-state index contributed by atoms with van der Waals surface area (Å²) in [6, 6.07) is 4.29. The quantitative estimate of drug-likeness (QED) is 0.566. The Bertz CT molecular complexity index is 1200. The van der Waals surface area contributed by atoms with Gasteiger partial charge in [0.2, 0.25) is 5.91 Å². The molecule has 2 unspecified atom stereocenters. The maximum Gasteiger partial charge on any atom is 0.410 e. The Balaban J connectivity index is 1.48. The fraction of sp³-hybridized carbons (Fsp3) is 0.500. The molecule has 2 amide bonds. The summed E-state index contributed by atoms with van der Waals surface area (Å²) in [6.07, 6.45) is 4.40. The van der Waals surface area contributed by atoms with E-state index in [0.29, 0.717) is 35.9 Å². The lowest BCUT2D eigenvalue weighted by molar-refractivity contribution is -0.114. The Morgan fingerprint density at radius 2 is 1.94 bits per heavy atom. The number of ether oxygens (including phenoxy) is 1. The Labute approximate surface area is 202 Å². The number of carbonyl (C=O) groups is 2. The summed E-state index contributed by atoms with van der Waals surface area (Å²) in [7, 11) is 0. The van der Waals surface area contributed by atoms with Crippen LogP contribution in [0.15, 0.2) is 28.1 Å². The molecule has 2 aliphatic rings. The summed E-state index contributed by atoms with van der Waals surface area (Å²) in [5, 5.41) is 5.60. The third-order valence-electron chi connectivity index (χ3n) is 6.10. The Kier molecular flexibility index (Phi) is 5.71. The van der Waals surface area contributed by atoms with Gasteiger partial charge in [-0.1, -0.05) is 0 Å². The number of benzene rings is 1. The van der Waals surface area contributed by atoms with E-state index in [2.05, 4.69) is 15.2 Å². The first-order valence-electron chi connectivity index (χ1n) is 11.6. The predicted molar refractivity (Wildman–Crippen MR) is 131 cm³/mol. The van der Waals surface area contributed by atoms with E-state index in [0.717, 1.165) is 29.8 Å². The second-order valence-corrected chi connectivity index (χ2v) is 10.8. The number of rotatable bonds is 3. The van der Waals surface area contributed by atoms with E-state index < -0.39 is 5.60 Å². The zero-order valence-electron chi connectivity index (χ0n) is 19.8. The molecule has 9 nitrogen and oxygen atoms in total.